The highest BCUT2D eigenvalue weighted by Gasteiger charge is 2.08. The minimum atomic E-state index is -0.495. The average molecular weight is 274 g/mol. The SMILES string of the molecule is O=C(NCCCc1ncc[nH]1)c1ccc([N+](=O)[O-])cc1. The molecule has 0 aliphatic carbocycles. The fourth-order valence-corrected chi connectivity index (χ4v) is 1.73. The van der Waals surface area contributed by atoms with E-state index in [0.29, 0.717) is 12.1 Å². The lowest BCUT2D eigenvalue weighted by atomic mass is 10.2. The van der Waals surface area contributed by atoms with Gasteiger partial charge in [-0.1, -0.05) is 0 Å². The molecule has 7 nitrogen and oxygen atoms in total. The number of H-pyrrole nitrogens is 1. The van der Waals surface area contributed by atoms with Crippen LogP contribution in [0, 0.1) is 10.1 Å². The summed E-state index contributed by atoms with van der Waals surface area (Å²) in [5.74, 6) is 0.647. The van der Waals surface area contributed by atoms with E-state index >= 15 is 0 Å². The van der Waals surface area contributed by atoms with E-state index in [2.05, 4.69) is 15.3 Å². The number of non-ortho nitro benzene ring substituents is 1. The second-order valence-electron chi connectivity index (χ2n) is 4.20. The molecule has 7 heteroatoms. The monoisotopic (exact) mass is 274 g/mol. The summed E-state index contributed by atoms with van der Waals surface area (Å²) in [5.41, 5.74) is 0.382. The number of rotatable bonds is 6. The molecule has 2 rings (SSSR count). The first-order chi connectivity index (χ1) is 9.66. The zero-order valence-electron chi connectivity index (χ0n) is 10.7. The molecule has 20 heavy (non-hydrogen) atoms. The van der Waals surface area contributed by atoms with Crippen LogP contribution in [0.4, 0.5) is 5.69 Å². The number of nitrogens with one attached hydrogen (secondary N) is 2. The van der Waals surface area contributed by atoms with Crippen LogP contribution < -0.4 is 5.32 Å². The molecular weight excluding hydrogens is 260 g/mol. The number of aryl methyl sites for hydroxylation is 1. The molecule has 104 valence electrons. The van der Waals surface area contributed by atoms with E-state index in [-0.39, 0.29) is 11.6 Å². The summed E-state index contributed by atoms with van der Waals surface area (Å²) in [6, 6.07) is 5.52. The Balaban J connectivity index is 1.78. The fraction of sp³-hybridized carbons (Fsp3) is 0.231. The van der Waals surface area contributed by atoms with E-state index in [1.165, 1.54) is 24.3 Å². The molecule has 0 fully saturated rings. The van der Waals surface area contributed by atoms with Crippen molar-refractivity contribution in [1.29, 1.82) is 0 Å². The number of hydrogen-bond acceptors (Lipinski definition) is 4. The minimum absolute atomic E-state index is 0.0284. The van der Waals surface area contributed by atoms with Crippen LogP contribution in [-0.2, 0) is 6.42 Å². The van der Waals surface area contributed by atoms with Crippen molar-refractivity contribution >= 4 is 11.6 Å². The van der Waals surface area contributed by atoms with Gasteiger partial charge in [-0.3, -0.25) is 14.9 Å². The van der Waals surface area contributed by atoms with Gasteiger partial charge in [-0.15, -0.1) is 0 Å². The molecule has 0 bridgehead atoms. The molecule has 2 N–H and O–H groups in total. The number of amides is 1. The standard InChI is InChI=1S/C13H14N4O3/c18-13(10-3-5-11(6-4-10)17(19)20)16-7-1-2-12-14-8-9-15-12/h3-6,8-9H,1-2,7H2,(H,14,15)(H,16,18). The molecule has 0 saturated heterocycles. The lowest BCUT2D eigenvalue weighted by Crippen LogP contribution is -2.24. The van der Waals surface area contributed by atoms with E-state index in [1.54, 1.807) is 12.4 Å². The molecule has 1 aromatic carbocycles. The number of benzene rings is 1. The number of aromatic nitrogens is 2. The van der Waals surface area contributed by atoms with Gasteiger partial charge in [0.05, 0.1) is 4.92 Å². The average Bonchev–Trinajstić information content (AvgIpc) is 2.96. The fourth-order valence-electron chi connectivity index (χ4n) is 1.73. The first-order valence-corrected chi connectivity index (χ1v) is 6.18. The molecule has 0 saturated carbocycles. The minimum Gasteiger partial charge on any atom is -0.352 e. The molecule has 0 atom stereocenters. The third-order valence-electron chi connectivity index (χ3n) is 2.77. The zero-order chi connectivity index (χ0) is 14.4. The maximum atomic E-state index is 11.8. The van der Waals surface area contributed by atoms with E-state index < -0.39 is 4.92 Å². The second kappa shape index (κ2) is 6.46. The van der Waals surface area contributed by atoms with Crippen molar-refractivity contribution in [2.75, 3.05) is 6.54 Å². The van der Waals surface area contributed by atoms with Crippen molar-refractivity contribution in [3.8, 4) is 0 Å². The molecule has 1 amide bonds. The lowest BCUT2D eigenvalue weighted by Gasteiger charge is -2.04. The Labute approximate surface area is 115 Å². The van der Waals surface area contributed by atoms with Crippen molar-refractivity contribution in [1.82, 2.24) is 15.3 Å². The Kier molecular flexibility index (Phi) is 4.43. The lowest BCUT2D eigenvalue weighted by molar-refractivity contribution is -0.384. The van der Waals surface area contributed by atoms with Gasteiger partial charge in [-0.05, 0) is 18.6 Å². The molecule has 0 unspecified atom stereocenters. The molecular formula is C13H14N4O3. The summed E-state index contributed by atoms with van der Waals surface area (Å²) in [6.45, 7) is 0.524. The predicted octanol–water partition coefficient (Wildman–Crippen LogP) is 1.68. The molecule has 0 spiro atoms. The van der Waals surface area contributed by atoms with E-state index in [1.807, 2.05) is 0 Å². The number of nitro groups is 1. The van der Waals surface area contributed by atoms with E-state index in [4.69, 9.17) is 0 Å². The zero-order valence-corrected chi connectivity index (χ0v) is 10.7. The van der Waals surface area contributed by atoms with Crippen LogP contribution in [0.25, 0.3) is 0 Å². The largest absolute Gasteiger partial charge is 0.352 e. The van der Waals surface area contributed by atoms with Crippen molar-refractivity contribution in [2.45, 2.75) is 12.8 Å². The van der Waals surface area contributed by atoms with Gasteiger partial charge in [0.2, 0.25) is 0 Å². The van der Waals surface area contributed by atoms with E-state index in [9.17, 15) is 14.9 Å². The Hall–Kier alpha value is -2.70. The first-order valence-electron chi connectivity index (χ1n) is 6.18. The van der Waals surface area contributed by atoms with Gasteiger partial charge < -0.3 is 10.3 Å². The summed E-state index contributed by atoms with van der Waals surface area (Å²) in [5, 5.41) is 13.3. The van der Waals surface area contributed by atoms with E-state index in [0.717, 1.165) is 18.7 Å². The van der Waals surface area contributed by atoms with Crippen molar-refractivity contribution < 1.29 is 9.72 Å². The van der Waals surface area contributed by atoms with Crippen LogP contribution in [0.3, 0.4) is 0 Å². The van der Waals surface area contributed by atoms with Crippen LogP contribution in [0.2, 0.25) is 0 Å². The topological polar surface area (TPSA) is 101 Å². The molecule has 0 radical (unpaired) electrons. The molecule has 1 aromatic heterocycles. The maximum Gasteiger partial charge on any atom is 0.269 e. The number of carbonyl (C=O) groups is 1. The quantitative estimate of drug-likeness (QED) is 0.475. The number of imidazole rings is 1. The van der Waals surface area contributed by atoms with Crippen molar-refractivity contribution in [2.24, 2.45) is 0 Å². The van der Waals surface area contributed by atoms with Gasteiger partial charge in [0, 0.05) is 43.1 Å². The van der Waals surface area contributed by atoms with Crippen LogP contribution >= 0.6 is 0 Å². The molecule has 1 heterocycles. The predicted molar refractivity (Wildman–Crippen MR) is 72.3 cm³/mol. The number of nitrogens with zero attached hydrogens (tertiary/aromatic N) is 2. The van der Waals surface area contributed by atoms with Crippen LogP contribution in [0.5, 0.6) is 0 Å². The Morgan fingerprint density at radius 1 is 1.35 bits per heavy atom. The highest BCUT2D eigenvalue weighted by Crippen LogP contribution is 2.11. The van der Waals surface area contributed by atoms with Gasteiger partial charge in [0.15, 0.2) is 0 Å². The van der Waals surface area contributed by atoms with Crippen LogP contribution in [-0.4, -0.2) is 27.3 Å². The summed E-state index contributed by atoms with van der Waals surface area (Å²) in [6.07, 6.45) is 4.97. The highest BCUT2D eigenvalue weighted by molar-refractivity contribution is 5.94. The third kappa shape index (κ3) is 3.64. The summed E-state index contributed by atoms with van der Waals surface area (Å²) in [4.78, 5) is 28.9. The van der Waals surface area contributed by atoms with Crippen LogP contribution in [0.1, 0.15) is 22.6 Å². The smallest absolute Gasteiger partial charge is 0.269 e. The molecule has 2 aromatic rings. The number of carbonyl (C=O) groups excluding carboxylic acids is 1. The van der Waals surface area contributed by atoms with Crippen molar-refractivity contribution in [3.63, 3.8) is 0 Å². The van der Waals surface area contributed by atoms with Gasteiger partial charge in [-0.25, -0.2) is 4.98 Å². The summed E-state index contributed by atoms with van der Waals surface area (Å²) in [7, 11) is 0. The highest BCUT2D eigenvalue weighted by atomic mass is 16.6. The summed E-state index contributed by atoms with van der Waals surface area (Å²) < 4.78 is 0. The Morgan fingerprint density at radius 3 is 2.70 bits per heavy atom. The maximum absolute atomic E-state index is 11.8. The van der Waals surface area contributed by atoms with Gasteiger partial charge in [-0.2, -0.15) is 0 Å². The van der Waals surface area contributed by atoms with Crippen LogP contribution in [0.15, 0.2) is 36.7 Å². The number of hydrogen-bond donors (Lipinski definition) is 2. The van der Waals surface area contributed by atoms with Gasteiger partial charge in [0.25, 0.3) is 11.6 Å². The van der Waals surface area contributed by atoms with Crippen molar-refractivity contribution in [3.05, 3.63) is 58.2 Å². The van der Waals surface area contributed by atoms with Gasteiger partial charge in [0.1, 0.15) is 5.82 Å². The Morgan fingerprint density at radius 2 is 2.10 bits per heavy atom. The third-order valence-corrected chi connectivity index (χ3v) is 2.77. The first kappa shape index (κ1) is 13.7. The summed E-state index contributed by atoms with van der Waals surface area (Å²) >= 11 is 0. The second-order valence-corrected chi connectivity index (χ2v) is 4.20. The normalized spacial score (nSPS) is 10.2. The number of aromatic amines is 1. The molecule has 0 aliphatic rings. The Bertz CT molecular complexity index is 578. The molecule has 0 aliphatic heterocycles. The number of nitro benzene ring substituents is 1. The van der Waals surface area contributed by atoms with Gasteiger partial charge >= 0.3 is 0 Å².